The number of aromatic hydroxyl groups is 1. The maximum atomic E-state index is 9.83. The average molecular weight is 392 g/mol. The third-order valence-electron chi connectivity index (χ3n) is 4.12. The molecule has 0 fully saturated rings. The molecule has 0 radical (unpaired) electrons. The van der Waals surface area contributed by atoms with Gasteiger partial charge in [-0.3, -0.25) is 0 Å². The largest absolute Gasteiger partial charge is 0.504 e. The Hall–Kier alpha value is -3.50. The Kier molecular flexibility index (Phi) is 4.87. The first-order chi connectivity index (χ1) is 13.7. The minimum atomic E-state index is 0.0665. The molecule has 0 saturated carbocycles. The van der Waals surface area contributed by atoms with E-state index in [2.05, 4.69) is 11.1 Å². The van der Waals surface area contributed by atoms with E-state index >= 15 is 0 Å². The number of benzene rings is 2. The molecule has 0 bridgehead atoms. The van der Waals surface area contributed by atoms with Gasteiger partial charge in [-0.2, -0.15) is 5.26 Å². The normalized spacial score (nSPS) is 12.6. The molecular formula is C21H16N2O4S. The third-order valence-corrected chi connectivity index (χ3v) is 4.99. The van der Waals surface area contributed by atoms with E-state index in [0.717, 1.165) is 16.8 Å². The molecule has 0 aliphatic carbocycles. The number of phenols is 1. The van der Waals surface area contributed by atoms with Gasteiger partial charge in [0.05, 0.1) is 17.9 Å². The van der Waals surface area contributed by atoms with E-state index in [-0.39, 0.29) is 12.5 Å². The van der Waals surface area contributed by atoms with Gasteiger partial charge in [-0.25, -0.2) is 4.98 Å². The van der Waals surface area contributed by atoms with E-state index in [1.54, 1.807) is 24.3 Å². The standard InChI is InChI=1S/C21H16N2O4S/c1-2-25-19-8-13(3-5-17(19)24)7-15(10-22)21-23-16(11-28-21)14-4-6-18-20(9-14)27-12-26-18/h3-9,11,24H,2,12H2,1H3/b15-7+. The van der Waals surface area contributed by atoms with Gasteiger partial charge >= 0.3 is 0 Å². The summed E-state index contributed by atoms with van der Waals surface area (Å²) < 4.78 is 16.1. The Labute approximate surface area is 165 Å². The minimum absolute atomic E-state index is 0.0665. The van der Waals surface area contributed by atoms with Crippen molar-refractivity contribution < 1.29 is 19.3 Å². The molecule has 0 spiro atoms. The Morgan fingerprint density at radius 3 is 2.96 bits per heavy atom. The van der Waals surface area contributed by atoms with Gasteiger partial charge in [0.2, 0.25) is 6.79 Å². The van der Waals surface area contributed by atoms with Crippen molar-refractivity contribution in [3.8, 4) is 40.3 Å². The molecule has 1 aromatic heterocycles. The maximum Gasteiger partial charge on any atom is 0.231 e. The van der Waals surface area contributed by atoms with E-state index in [1.807, 2.05) is 30.5 Å². The molecule has 6 nitrogen and oxygen atoms in total. The highest BCUT2D eigenvalue weighted by molar-refractivity contribution is 7.11. The quantitative estimate of drug-likeness (QED) is 0.633. The van der Waals surface area contributed by atoms with Crippen molar-refractivity contribution in [2.75, 3.05) is 13.4 Å². The lowest BCUT2D eigenvalue weighted by Crippen LogP contribution is -1.92. The van der Waals surface area contributed by atoms with E-state index in [1.165, 1.54) is 11.3 Å². The number of allylic oxidation sites excluding steroid dienone is 1. The van der Waals surface area contributed by atoms with Gasteiger partial charge in [-0.05, 0) is 48.9 Å². The zero-order valence-corrected chi connectivity index (χ0v) is 15.8. The second-order valence-electron chi connectivity index (χ2n) is 5.94. The fourth-order valence-corrected chi connectivity index (χ4v) is 3.58. The lowest BCUT2D eigenvalue weighted by Gasteiger charge is -2.06. The molecule has 140 valence electrons. The Balaban J connectivity index is 1.64. The zero-order valence-electron chi connectivity index (χ0n) is 15.0. The van der Waals surface area contributed by atoms with Crippen molar-refractivity contribution >= 4 is 23.0 Å². The molecule has 0 saturated heterocycles. The number of hydrogen-bond donors (Lipinski definition) is 1. The molecule has 1 aliphatic rings. The smallest absolute Gasteiger partial charge is 0.231 e. The molecule has 0 unspecified atom stereocenters. The number of fused-ring (bicyclic) bond motifs is 1. The summed E-state index contributed by atoms with van der Waals surface area (Å²) >= 11 is 1.39. The van der Waals surface area contributed by atoms with Crippen LogP contribution in [0.4, 0.5) is 0 Å². The fraction of sp³-hybridized carbons (Fsp3) is 0.143. The molecule has 2 heterocycles. The van der Waals surface area contributed by atoms with Crippen molar-refractivity contribution in [2.45, 2.75) is 6.92 Å². The van der Waals surface area contributed by atoms with Gasteiger partial charge in [0, 0.05) is 10.9 Å². The molecule has 0 amide bonds. The summed E-state index contributed by atoms with van der Waals surface area (Å²) in [5.74, 6) is 1.86. The van der Waals surface area contributed by atoms with Gasteiger partial charge in [0.15, 0.2) is 23.0 Å². The number of phenolic OH excluding ortho intramolecular Hbond substituents is 1. The van der Waals surface area contributed by atoms with Crippen LogP contribution in [-0.2, 0) is 0 Å². The van der Waals surface area contributed by atoms with Crippen LogP contribution in [0.25, 0.3) is 22.9 Å². The first-order valence-electron chi connectivity index (χ1n) is 8.61. The highest BCUT2D eigenvalue weighted by atomic mass is 32.1. The predicted molar refractivity (Wildman–Crippen MR) is 106 cm³/mol. The van der Waals surface area contributed by atoms with Gasteiger partial charge in [0.1, 0.15) is 11.1 Å². The second-order valence-corrected chi connectivity index (χ2v) is 6.79. The molecular weight excluding hydrogens is 376 g/mol. The maximum absolute atomic E-state index is 9.83. The molecule has 7 heteroatoms. The summed E-state index contributed by atoms with van der Waals surface area (Å²) in [5.41, 5.74) is 2.84. The van der Waals surface area contributed by atoms with E-state index in [4.69, 9.17) is 14.2 Å². The average Bonchev–Trinajstić information content (AvgIpc) is 3.37. The molecule has 0 atom stereocenters. The predicted octanol–water partition coefficient (Wildman–Crippen LogP) is 4.71. The summed E-state index contributed by atoms with van der Waals surface area (Å²) in [7, 11) is 0. The summed E-state index contributed by atoms with van der Waals surface area (Å²) in [5, 5.41) is 22.0. The van der Waals surface area contributed by atoms with Gasteiger partial charge in [-0.1, -0.05) is 6.07 Å². The molecule has 1 aliphatic heterocycles. The Morgan fingerprint density at radius 1 is 1.29 bits per heavy atom. The monoisotopic (exact) mass is 392 g/mol. The number of ether oxygens (including phenoxy) is 3. The van der Waals surface area contributed by atoms with Crippen LogP contribution < -0.4 is 14.2 Å². The lowest BCUT2D eigenvalue weighted by atomic mass is 10.1. The second kappa shape index (κ2) is 7.62. The van der Waals surface area contributed by atoms with Gasteiger partial charge in [-0.15, -0.1) is 11.3 Å². The van der Waals surface area contributed by atoms with Crippen molar-refractivity contribution in [3.63, 3.8) is 0 Å². The van der Waals surface area contributed by atoms with Crippen molar-refractivity contribution in [3.05, 3.63) is 52.3 Å². The zero-order chi connectivity index (χ0) is 19.5. The first kappa shape index (κ1) is 17.9. The summed E-state index contributed by atoms with van der Waals surface area (Å²) in [6, 6.07) is 12.8. The van der Waals surface area contributed by atoms with E-state index < -0.39 is 0 Å². The molecule has 4 rings (SSSR count). The van der Waals surface area contributed by atoms with Gasteiger partial charge < -0.3 is 19.3 Å². The highest BCUT2D eigenvalue weighted by Crippen LogP contribution is 2.37. The highest BCUT2D eigenvalue weighted by Gasteiger charge is 2.16. The Bertz CT molecular complexity index is 1100. The number of rotatable bonds is 5. The SMILES string of the molecule is CCOc1cc(/C=C(\C#N)c2nc(-c3ccc4c(c3)OCO4)cs2)ccc1O. The van der Waals surface area contributed by atoms with Crippen LogP contribution in [0.5, 0.6) is 23.0 Å². The van der Waals surface area contributed by atoms with Crippen LogP contribution in [-0.4, -0.2) is 23.5 Å². The summed E-state index contributed by atoms with van der Waals surface area (Å²) in [6.45, 7) is 2.51. The van der Waals surface area contributed by atoms with Crippen LogP contribution >= 0.6 is 11.3 Å². The molecule has 3 aromatic rings. The van der Waals surface area contributed by atoms with Crippen molar-refractivity contribution in [1.29, 1.82) is 5.26 Å². The fourth-order valence-electron chi connectivity index (χ4n) is 2.79. The number of nitriles is 1. The topological polar surface area (TPSA) is 84.6 Å². The molecule has 2 aromatic carbocycles. The van der Waals surface area contributed by atoms with Crippen molar-refractivity contribution in [1.82, 2.24) is 4.98 Å². The molecule has 1 N–H and O–H groups in total. The number of aromatic nitrogens is 1. The van der Waals surface area contributed by atoms with Crippen LogP contribution in [0.2, 0.25) is 0 Å². The van der Waals surface area contributed by atoms with Crippen LogP contribution in [0, 0.1) is 11.3 Å². The minimum Gasteiger partial charge on any atom is -0.504 e. The summed E-state index contributed by atoms with van der Waals surface area (Å²) in [6.07, 6.45) is 1.73. The number of thiazole rings is 1. The number of hydrogen-bond acceptors (Lipinski definition) is 7. The van der Waals surface area contributed by atoms with Crippen LogP contribution in [0.1, 0.15) is 17.5 Å². The summed E-state index contributed by atoms with van der Waals surface area (Å²) in [4.78, 5) is 4.60. The molecule has 28 heavy (non-hydrogen) atoms. The lowest BCUT2D eigenvalue weighted by molar-refractivity contribution is 0.174. The van der Waals surface area contributed by atoms with Crippen molar-refractivity contribution in [2.24, 2.45) is 0 Å². The first-order valence-corrected chi connectivity index (χ1v) is 9.49. The van der Waals surface area contributed by atoms with Crippen LogP contribution in [0.15, 0.2) is 41.8 Å². The van der Waals surface area contributed by atoms with E-state index in [9.17, 15) is 10.4 Å². The van der Waals surface area contributed by atoms with Gasteiger partial charge in [0.25, 0.3) is 0 Å². The Morgan fingerprint density at radius 2 is 2.14 bits per heavy atom. The number of nitrogens with zero attached hydrogens (tertiary/aromatic N) is 2. The van der Waals surface area contributed by atoms with E-state index in [0.29, 0.717) is 34.4 Å². The third kappa shape index (κ3) is 3.50. The van der Waals surface area contributed by atoms with Crippen LogP contribution in [0.3, 0.4) is 0 Å².